The summed E-state index contributed by atoms with van der Waals surface area (Å²) >= 11 is 1.42. The Morgan fingerprint density at radius 2 is 2.25 bits per heavy atom. The van der Waals surface area contributed by atoms with Crippen LogP contribution in [-0.2, 0) is 9.53 Å². The Bertz CT molecular complexity index is 809. The first-order chi connectivity index (χ1) is 11.8. The largest absolute Gasteiger partial charge is 0.378 e. The van der Waals surface area contributed by atoms with Gasteiger partial charge in [0.1, 0.15) is 0 Å². The van der Waals surface area contributed by atoms with Gasteiger partial charge in [0.25, 0.3) is 0 Å². The molecule has 0 unspecified atom stereocenters. The molecule has 0 radical (unpaired) electrons. The number of fused-ring (bicyclic) bond motifs is 1. The maximum atomic E-state index is 12.1. The molecule has 1 saturated heterocycles. The molecule has 1 N–H and O–H groups in total. The van der Waals surface area contributed by atoms with Crippen LogP contribution in [0.15, 0.2) is 30.7 Å². The first-order valence-corrected chi connectivity index (χ1v) is 8.47. The second-order valence-electron chi connectivity index (χ2n) is 5.35. The fraction of sp³-hybridized carbons (Fsp3) is 0.333. The van der Waals surface area contributed by atoms with E-state index in [2.05, 4.69) is 20.4 Å². The lowest BCUT2D eigenvalue weighted by Gasteiger charge is -2.26. The number of anilines is 1. The van der Waals surface area contributed by atoms with Crippen molar-refractivity contribution in [2.24, 2.45) is 0 Å². The number of amides is 1. The minimum absolute atomic E-state index is 0.0576. The molecule has 0 spiro atoms. The molecule has 0 aromatic carbocycles. The van der Waals surface area contributed by atoms with Gasteiger partial charge in [0.2, 0.25) is 16.0 Å². The van der Waals surface area contributed by atoms with E-state index in [1.807, 2.05) is 18.3 Å². The summed E-state index contributed by atoms with van der Waals surface area (Å²) in [5.74, 6) is 0.0576. The number of nitrogens with one attached hydrogen (secondary N) is 1. The summed E-state index contributed by atoms with van der Waals surface area (Å²) in [5.41, 5.74) is 1.78. The van der Waals surface area contributed by atoms with Crippen molar-refractivity contribution in [2.45, 2.75) is 0 Å². The topological polar surface area (TPSA) is 84.7 Å². The number of morpholine rings is 1. The Balaban J connectivity index is 1.42. The number of hydrogen-bond donors (Lipinski definition) is 1. The first-order valence-electron chi connectivity index (χ1n) is 7.65. The molecule has 24 heavy (non-hydrogen) atoms. The van der Waals surface area contributed by atoms with Crippen molar-refractivity contribution >= 4 is 27.3 Å². The minimum atomic E-state index is 0.0576. The Kier molecular flexibility index (Phi) is 4.09. The summed E-state index contributed by atoms with van der Waals surface area (Å²) in [6, 6.07) is 3.83. The summed E-state index contributed by atoms with van der Waals surface area (Å²) in [5, 5.41) is 8.18. The van der Waals surface area contributed by atoms with Crippen molar-refractivity contribution in [2.75, 3.05) is 38.2 Å². The smallest absolute Gasteiger partial charge is 0.242 e. The van der Waals surface area contributed by atoms with Crippen LogP contribution in [0.1, 0.15) is 0 Å². The van der Waals surface area contributed by atoms with Gasteiger partial charge >= 0.3 is 0 Å². The summed E-state index contributed by atoms with van der Waals surface area (Å²) < 4.78 is 6.97. The number of carbonyl (C=O) groups excluding carboxylic acids is 1. The molecule has 124 valence electrons. The Labute approximate surface area is 142 Å². The van der Waals surface area contributed by atoms with Crippen LogP contribution in [-0.4, -0.2) is 63.2 Å². The number of carbonyl (C=O) groups is 1. The Hall–Kier alpha value is -2.52. The molecule has 1 fully saturated rings. The van der Waals surface area contributed by atoms with Gasteiger partial charge in [0.05, 0.1) is 31.6 Å². The van der Waals surface area contributed by atoms with Crippen LogP contribution in [0.3, 0.4) is 0 Å². The van der Waals surface area contributed by atoms with Crippen LogP contribution in [0.4, 0.5) is 5.13 Å². The lowest BCUT2D eigenvalue weighted by molar-refractivity contribution is -0.133. The molecule has 0 aliphatic carbocycles. The average molecular weight is 344 g/mol. The standard InChI is InChI=1S/C15H16N6O2S/c22-13(20-4-6-23-7-5-20)9-17-14-19-21-10-12(18-15(21)24-14)11-2-1-3-16-8-11/h1-3,8,10H,4-7,9H2,(H,17,19). The third kappa shape index (κ3) is 3.08. The van der Waals surface area contributed by atoms with Crippen molar-refractivity contribution in [1.82, 2.24) is 24.5 Å². The van der Waals surface area contributed by atoms with Crippen LogP contribution in [0.25, 0.3) is 16.2 Å². The van der Waals surface area contributed by atoms with Gasteiger partial charge in [0.15, 0.2) is 0 Å². The molecule has 1 aliphatic rings. The predicted octanol–water partition coefficient (Wildman–Crippen LogP) is 1.12. The fourth-order valence-electron chi connectivity index (χ4n) is 2.50. The number of hydrogen-bond acceptors (Lipinski definition) is 7. The quantitative estimate of drug-likeness (QED) is 0.764. The normalized spacial score (nSPS) is 14.9. The summed E-state index contributed by atoms with van der Waals surface area (Å²) in [7, 11) is 0. The molecular formula is C15H16N6O2S. The molecule has 1 amide bonds. The van der Waals surface area contributed by atoms with Gasteiger partial charge in [-0.1, -0.05) is 11.3 Å². The lowest BCUT2D eigenvalue weighted by atomic mass is 10.2. The van der Waals surface area contributed by atoms with Crippen molar-refractivity contribution in [3.05, 3.63) is 30.7 Å². The molecule has 3 aromatic heterocycles. The third-order valence-corrected chi connectivity index (χ3v) is 4.64. The van der Waals surface area contributed by atoms with Crippen LogP contribution in [0.5, 0.6) is 0 Å². The zero-order valence-corrected chi connectivity index (χ0v) is 13.7. The fourth-order valence-corrected chi connectivity index (χ4v) is 3.28. The van der Waals surface area contributed by atoms with Crippen LogP contribution >= 0.6 is 11.3 Å². The molecule has 3 aromatic rings. The number of rotatable bonds is 4. The van der Waals surface area contributed by atoms with Crippen molar-refractivity contribution in [1.29, 1.82) is 0 Å². The van der Waals surface area contributed by atoms with E-state index in [1.165, 1.54) is 11.3 Å². The third-order valence-electron chi connectivity index (χ3n) is 3.76. The number of imidazole rings is 1. The van der Waals surface area contributed by atoms with E-state index in [1.54, 1.807) is 21.8 Å². The molecular weight excluding hydrogens is 328 g/mol. The summed E-state index contributed by atoms with van der Waals surface area (Å²) in [6.45, 7) is 2.74. The van der Waals surface area contributed by atoms with E-state index < -0.39 is 0 Å². The van der Waals surface area contributed by atoms with E-state index in [9.17, 15) is 4.79 Å². The highest BCUT2D eigenvalue weighted by Crippen LogP contribution is 2.23. The SMILES string of the molecule is O=C(CNc1nn2cc(-c3cccnc3)nc2s1)N1CCOCC1. The second kappa shape index (κ2) is 6.54. The summed E-state index contributed by atoms with van der Waals surface area (Å²) in [4.78, 5) is 23.3. The minimum Gasteiger partial charge on any atom is -0.378 e. The van der Waals surface area contributed by atoms with E-state index in [-0.39, 0.29) is 12.5 Å². The molecule has 4 rings (SSSR count). The average Bonchev–Trinajstić information content (AvgIpc) is 3.20. The molecule has 1 aliphatic heterocycles. The zero-order chi connectivity index (χ0) is 16.4. The number of ether oxygens (including phenoxy) is 1. The van der Waals surface area contributed by atoms with E-state index in [4.69, 9.17) is 4.74 Å². The van der Waals surface area contributed by atoms with Gasteiger partial charge in [-0.25, -0.2) is 9.50 Å². The lowest BCUT2D eigenvalue weighted by Crippen LogP contribution is -2.43. The van der Waals surface area contributed by atoms with Crippen LogP contribution < -0.4 is 5.32 Å². The van der Waals surface area contributed by atoms with Gasteiger partial charge in [-0.3, -0.25) is 9.78 Å². The highest BCUT2D eigenvalue weighted by atomic mass is 32.1. The van der Waals surface area contributed by atoms with E-state index in [0.29, 0.717) is 31.4 Å². The van der Waals surface area contributed by atoms with Gasteiger partial charge in [-0.05, 0) is 12.1 Å². The van der Waals surface area contributed by atoms with Crippen LogP contribution in [0.2, 0.25) is 0 Å². The van der Waals surface area contributed by atoms with E-state index in [0.717, 1.165) is 16.2 Å². The highest BCUT2D eigenvalue weighted by molar-refractivity contribution is 7.20. The maximum Gasteiger partial charge on any atom is 0.242 e. The molecule has 9 heteroatoms. The van der Waals surface area contributed by atoms with Gasteiger partial charge < -0.3 is 15.0 Å². The van der Waals surface area contributed by atoms with Crippen molar-refractivity contribution < 1.29 is 9.53 Å². The van der Waals surface area contributed by atoms with Gasteiger partial charge in [0, 0.05) is 31.0 Å². The highest BCUT2D eigenvalue weighted by Gasteiger charge is 2.17. The van der Waals surface area contributed by atoms with Crippen molar-refractivity contribution in [3.8, 4) is 11.3 Å². The number of aromatic nitrogens is 4. The maximum absolute atomic E-state index is 12.1. The van der Waals surface area contributed by atoms with Crippen LogP contribution in [0, 0.1) is 0 Å². The van der Waals surface area contributed by atoms with Crippen molar-refractivity contribution in [3.63, 3.8) is 0 Å². The molecule has 0 atom stereocenters. The molecule has 0 bridgehead atoms. The zero-order valence-electron chi connectivity index (χ0n) is 12.9. The molecule has 0 saturated carbocycles. The monoisotopic (exact) mass is 344 g/mol. The van der Waals surface area contributed by atoms with Gasteiger partial charge in [-0.15, -0.1) is 5.10 Å². The van der Waals surface area contributed by atoms with E-state index >= 15 is 0 Å². The Morgan fingerprint density at radius 3 is 3.00 bits per heavy atom. The predicted molar refractivity (Wildman–Crippen MR) is 90.0 cm³/mol. The number of nitrogens with zero attached hydrogens (tertiary/aromatic N) is 5. The second-order valence-corrected chi connectivity index (χ2v) is 6.30. The number of pyridine rings is 1. The summed E-state index contributed by atoms with van der Waals surface area (Å²) in [6.07, 6.45) is 5.36. The first kappa shape index (κ1) is 15.0. The molecule has 4 heterocycles. The Morgan fingerprint density at radius 1 is 1.38 bits per heavy atom. The molecule has 8 nitrogen and oxygen atoms in total. The van der Waals surface area contributed by atoms with Gasteiger partial charge in [-0.2, -0.15) is 0 Å².